The highest BCUT2D eigenvalue weighted by Gasteiger charge is 2.38. The third kappa shape index (κ3) is 0.548. The van der Waals surface area contributed by atoms with Crippen LogP contribution in [0.5, 0.6) is 0 Å². The van der Waals surface area contributed by atoms with E-state index in [0.717, 1.165) is 5.92 Å². The molecule has 0 amide bonds. The molecule has 1 aliphatic carbocycles. The van der Waals surface area contributed by atoms with Gasteiger partial charge in [-0.2, -0.15) is 10.5 Å². The molecule has 1 aliphatic rings. The largest absolute Gasteiger partial charge is 0.198 e. The van der Waals surface area contributed by atoms with Crippen molar-refractivity contribution in [3.8, 4) is 12.1 Å². The molecule has 0 aromatic rings. The van der Waals surface area contributed by atoms with E-state index in [-0.39, 0.29) is 5.92 Å². The summed E-state index contributed by atoms with van der Waals surface area (Å²) in [5.74, 6) is 0.715. The Balaban J connectivity index is 2.39. The molecule has 0 N–H and O–H groups in total. The minimum absolute atomic E-state index is 0.0231. The third-order valence-corrected chi connectivity index (χ3v) is 0.984. The molecular weight excluding hydrogens is 88.1 g/mol. The van der Waals surface area contributed by atoms with Crippen molar-refractivity contribution in [1.29, 1.82) is 10.5 Å². The minimum Gasteiger partial charge on any atom is -0.198 e. The third-order valence-electron chi connectivity index (χ3n) is 0.984. The fourth-order valence-corrected chi connectivity index (χ4v) is 0.408. The molecule has 0 bridgehead atoms. The monoisotopic (exact) mass is 91.0 g/mol. The number of hydrogen-bond donors (Lipinski definition) is 0. The molecule has 2 heteroatoms. The van der Waals surface area contributed by atoms with Crippen molar-refractivity contribution in [2.75, 3.05) is 0 Å². The van der Waals surface area contributed by atoms with Crippen LogP contribution < -0.4 is 0 Å². The van der Waals surface area contributed by atoms with Crippen LogP contribution in [0.4, 0.5) is 0 Å². The molecule has 0 aliphatic heterocycles. The molecule has 1 saturated carbocycles. The van der Waals surface area contributed by atoms with Crippen molar-refractivity contribution in [2.24, 2.45) is 5.92 Å². The van der Waals surface area contributed by atoms with E-state index in [1.165, 1.54) is 0 Å². The van der Waals surface area contributed by atoms with Crippen LogP contribution in [0, 0.1) is 34.5 Å². The summed E-state index contributed by atoms with van der Waals surface area (Å²) in [5, 5.41) is 16.2. The van der Waals surface area contributed by atoms with Gasteiger partial charge in [-0.1, -0.05) is 0 Å². The van der Waals surface area contributed by atoms with Gasteiger partial charge in [0, 0.05) is 0 Å². The van der Waals surface area contributed by atoms with Gasteiger partial charge in [-0.3, -0.25) is 0 Å². The van der Waals surface area contributed by atoms with Crippen molar-refractivity contribution in [3.05, 3.63) is 5.92 Å². The van der Waals surface area contributed by atoms with Crippen LogP contribution in [0.3, 0.4) is 0 Å². The first-order chi connectivity index (χ1) is 3.38. The molecule has 1 unspecified atom stereocenters. The summed E-state index contributed by atoms with van der Waals surface area (Å²) in [7, 11) is 0. The Hall–Kier alpha value is -1.02. The summed E-state index contributed by atoms with van der Waals surface area (Å²) in [6.45, 7) is 0. The minimum atomic E-state index is -0.0231. The van der Waals surface area contributed by atoms with Crippen LogP contribution in [-0.2, 0) is 0 Å². The standard InChI is InChI=1S/C5H3N2/c6-2-4-1-5(4)3-7/h4H,1H2. The summed E-state index contributed by atoms with van der Waals surface area (Å²) in [6.07, 6.45) is 0.715. The lowest BCUT2D eigenvalue weighted by Gasteiger charge is -1.61. The Labute approximate surface area is 42.0 Å². The summed E-state index contributed by atoms with van der Waals surface area (Å²) in [5.41, 5.74) is 0. The first-order valence-corrected chi connectivity index (χ1v) is 2.04. The molecule has 0 aromatic carbocycles. The molecule has 33 valence electrons. The summed E-state index contributed by atoms with van der Waals surface area (Å²) in [4.78, 5) is 0. The van der Waals surface area contributed by atoms with Crippen molar-refractivity contribution in [3.63, 3.8) is 0 Å². The number of rotatable bonds is 0. The van der Waals surface area contributed by atoms with Gasteiger partial charge in [0.2, 0.25) is 0 Å². The van der Waals surface area contributed by atoms with E-state index in [9.17, 15) is 0 Å². The molecule has 1 rings (SSSR count). The van der Waals surface area contributed by atoms with E-state index in [2.05, 4.69) is 0 Å². The molecule has 2 nitrogen and oxygen atoms in total. The number of nitriles is 2. The van der Waals surface area contributed by atoms with E-state index in [4.69, 9.17) is 10.5 Å². The van der Waals surface area contributed by atoms with Gasteiger partial charge >= 0.3 is 0 Å². The second kappa shape index (κ2) is 1.24. The van der Waals surface area contributed by atoms with Gasteiger partial charge in [-0.25, -0.2) is 0 Å². The normalized spacial score (nSPS) is 28.0. The van der Waals surface area contributed by atoms with Crippen LogP contribution in [0.15, 0.2) is 0 Å². The van der Waals surface area contributed by atoms with Crippen LogP contribution >= 0.6 is 0 Å². The first kappa shape index (κ1) is 4.15. The summed E-state index contributed by atoms with van der Waals surface area (Å²) < 4.78 is 0. The van der Waals surface area contributed by atoms with E-state index >= 15 is 0 Å². The lowest BCUT2D eigenvalue weighted by molar-refractivity contribution is 1.15. The van der Waals surface area contributed by atoms with Crippen LogP contribution in [0.1, 0.15) is 6.42 Å². The van der Waals surface area contributed by atoms with Gasteiger partial charge in [0.15, 0.2) is 0 Å². The molecule has 1 radical (unpaired) electrons. The van der Waals surface area contributed by atoms with Gasteiger partial charge in [0.1, 0.15) is 0 Å². The Morgan fingerprint density at radius 3 is 2.43 bits per heavy atom. The highest BCUT2D eigenvalue weighted by Crippen LogP contribution is 2.38. The fourth-order valence-electron chi connectivity index (χ4n) is 0.408. The van der Waals surface area contributed by atoms with Crippen molar-refractivity contribution >= 4 is 0 Å². The fraction of sp³-hybridized carbons (Fsp3) is 0.400. The van der Waals surface area contributed by atoms with E-state index < -0.39 is 0 Å². The quantitative estimate of drug-likeness (QED) is 0.439. The van der Waals surface area contributed by atoms with E-state index in [1.807, 2.05) is 12.1 Å². The maximum Gasteiger partial charge on any atom is 0.0944 e. The topological polar surface area (TPSA) is 47.6 Å². The van der Waals surface area contributed by atoms with Crippen molar-refractivity contribution in [1.82, 2.24) is 0 Å². The average Bonchev–Trinajstić information content (AvgIpc) is 2.43. The highest BCUT2D eigenvalue weighted by molar-refractivity contribution is 5.34. The Bertz CT molecular complexity index is 130. The lowest BCUT2D eigenvalue weighted by Crippen LogP contribution is -1.65. The van der Waals surface area contributed by atoms with Gasteiger partial charge in [0.25, 0.3) is 0 Å². The van der Waals surface area contributed by atoms with Crippen LogP contribution in [-0.4, -0.2) is 0 Å². The smallest absolute Gasteiger partial charge is 0.0944 e. The molecule has 0 heterocycles. The highest BCUT2D eigenvalue weighted by atomic mass is 14.4. The van der Waals surface area contributed by atoms with Crippen molar-refractivity contribution in [2.45, 2.75) is 6.42 Å². The number of nitrogens with zero attached hydrogens (tertiary/aromatic N) is 2. The molecule has 0 aromatic heterocycles. The second-order valence-corrected chi connectivity index (χ2v) is 1.52. The molecule has 0 saturated heterocycles. The van der Waals surface area contributed by atoms with Crippen LogP contribution in [0.2, 0.25) is 0 Å². The first-order valence-electron chi connectivity index (χ1n) is 2.04. The van der Waals surface area contributed by atoms with Crippen molar-refractivity contribution < 1.29 is 0 Å². The predicted octanol–water partition coefficient (Wildman–Crippen LogP) is 0.628. The molecule has 1 fully saturated rings. The molecular formula is C5H3N2. The summed E-state index contributed by atoms with van der Waals surface area (Å²) in [6, 6.07) is 3.91. The average molecular weight is 91.1 g/mol. The molecule has 1 atom stereocenters. The zero-order valence-corrected chi connectivity index (χ0v) is 3.68. The molecule has 0 spiro atoms. The second-order valence-electron chi connectivity index (χ2n) is 1.52. The number of hydrogen-bond acceptors (Lipinski definition) is 2. The lowest BCUT2D eigenvalue weighted by atomic mass is 10.4. The van der Waals surface area contributed by atoms with Gasteiger partial charge < -0.3 is 0 Å². The SMILES string of the molecule is N#C[C]1CC1C#N. The Morgan fingerprint density at radius 2 is 2.29 bits per heavy atom. The maximum atomic E-state index is 8.09. The zero-order valence-electron chi connectivity index (χ0n) is 3.68. The van der Waals surface area contributed by atoms with E-state index in [0.29, 0.717) is 6.42 Å². The van der Waals surface area contributed by atoms with Gasteiger partial charge in [0.05, 0.1) is 24.0 Å². The predicted molar refractivity (Wildman–Crippen MR) is 22.6 cm³/mol. The maximum absolute atomic E-state index is 8.09. The Kier molecular flexibility index (Phi) is 0.734. The summed E-state index contributed by atoms with van der Waals surface area (Å²) >= 11 is 0. The van der Waals surface area contributed by atoms with Gasteiger partial charge in [-0.15, -0.1) is 0 Å². The Morgan fingerprint density at radius 1 is 1.57 bits per heavy atom. The van der Waals surface area contributed by atoms with E-state index in [1.54, 1.807) is 0 Å². The zero-order chi connectivity index (χ0) is 5.28. The van der Waals surface area contributed by atoms with Gasteiger partial charge in [-0.05, 0) is 6.42 Å². The molecule has 7 heavy (non-hydrogen) atoms. The van der Waals surface area contributed by atoms with Crippen LogP contribution in [0.25, 0.3) is 0 Å².